The third-order valence-corrected chi connectivity index (χ3v) is 3.82. The fraction of sp³-hybridized carbons (Fsp3) is 0.583. The zero-order chi connectivity index (χ0) is 12.1. The number of nitrogens with two attached hydrogens (primary N) is 1. The number of amidine groups is 1. The second-order valence-electron chi connectivity index (χ2n) is 4.43. The van der Waals surface area contributed by atoms with Crippen LogP contribution in [0.3, 0.4) is 0 Å². The summed E-state index contributed by atoms with van der Waals surface area (Å²) in [7, 11) is 2.09. The molecule has 0 spiro atoms. The molecule has 0 aliphatic carbocycles. The van der Waals surface area contributed by atoms with Crippen LogP contribution >= 0.6 is 11.3 Å². The van der Waals surface area contributed by atoms with Gasteiger partial charge in [-0.15, -0.1) is 11.3 Å². The van der Waals surface area contributed by atoms with Crippen molar-refractivity contribution < 1.29 is 0 Å². The van der Waals surface area contributed by atoms with Crippen molar-refractivity contribution in [3.63, 3.8) is 0 Å². The van der Waals surface area contributed by atoms with E-state index in [-0.39, 0.29) is 11.8 Å². The van der Waals surface area contributed by atoms with Gasteiger partial charge in [0.25, 0.3) is 0 Å². The van der Waals surface area contributed by atoms with E-state index in [2.05, 4.69) is 36.4 Å². The molecule has 90 valence electrons. The first kappa shape index (κ1) is 13.2. The molecule has 0 aliphatic rings. The minimum atomic E-state index is 0.135. The summed E-state index contributed by atoms with van der Waals surface area (Å²) in [6, 6.07) is 4.74. The maximum Gasteiger partial charge on any atom is 0.0947 e. The predicted octanol–water partition coefficient (Wildman–Crippen LogP) is 2.18. The van der Waals surface area contributed by atoms with E-state index < -0.39 is 0 Å². The highest BCUT2D eigenvalue weighted by atomic mass is 32.1. The second-order valence-corrected chi connectivity index (χ2v) is 5.46. The van der Waals surface area contributed by atoms with E-state index in [1.165, 1.54) is 4.88 Å². The van der Waals surface area contributed by atoms with Crippen LogP contribution in [0.5, 0.6) is 0 Å². The fourth-order valence-electron chi connectivity index (χ4n) is 1.59. The summed E-state index contributed by atoms with van der Waals surface area (Å²) in [4.78, 5) is 3.68. The van der Waals surface area contributed by atoms with Gasteiger partial charge in [-0.25, -0.2) is 0 Å². The Bertz CT molecular complexity index is 321. The molecule has 2 atom stereocenters. The van der Waals surface area contributed by atoms with Crippen molar-refractivity contribution in [2.45, 2.75) is 26.3 Å². The maximum atomic E-state index is 7.38. The molecular weight excluding hydrogens is 218 g/mol. The highest BCUT2D eigenvalue weighted by Gasteiger charge is 2.14. The molecule has 1 rings (SSSR count). The predicted molar refractivity (Wildman–Crippen MR) is 71.2 cm³/mol. The lowest BCUT2D eigenvalue weighted by Crippen LogP contribution is -2.38. The highest BCUT2D eigenvalue weighted by Crippen LogP contribution is 2.14. The lowest BCUT2D eigenvalue weighted by atomic mass is 10.1. The molecule has 0 radical (unpaired) electrons. The van der Waals surface area contributed by atoms with Gasteiger partial charge in [-0.1, -0.05) is 13.0 Å². The van der Waals surface area contributed by atoms with Crippen LogP contribution in [0.15, 0.2) is 17.5 Å². The molecule has 0 saturated heterocycles. The van der Waals surface area contributed by atoms with Gasteiger partial charge < -0.3 is 10.6 Å². The van der Waals surface area contributed by atoms with E-state index in [0.29, 0.717) is 6.04 Å². The quantitative estimate of drug-likeness (QED) is 0.590. The van der Waals surface area contributed by atoms with Crippen molar-refractivity contribution in [1.82, 2.24) is 4.90 Å². The van der Waals surface area contributed by atoms with E-state index in [4.69, 9.17) is 11.1 Å². The van der Waals surface area contributed by atoms with E-state index in [1.54, 1.807) is 11.3 Å². The Morgan fingerprint density at radius 2 is 2.25 bits per heavy atom. The van der Waals surface area contributed by atoms with Gasteiger partial charge in [0.05, 0.1) is 5.84 Å². The average Bonchev–Trinajstić information content (AvgIpc) is 2.69. The summed E-state index contributed by atoms with van der Waals surface area (Å²) >= 11 is 1.80. The van der Waals surface area contributed by atoms with Crippen LogP contribution < -0.4 is 5.73 Å². The topological polar surface area (TPSA) is 53.1 Å². The lowest BCUT2D eigenvalue weighted by Gasteiger charge is -2.26. The standard InChI is InChI=1S/C12H21N3S/c1-9(12(13)14)8-15(3)10(2)7-11-5-4-6-16-11/h4-6,9-10H,7-8H2,1-3H3,(H3,13,14). The molecule has 0 bridgehead atoms. The molecule has 0 aliphatic heterocycles. The third-order valence-electron chi connectivity index (χ3n) is 2.92. The Hall–Kier alpha value is -0.870. The molecule has 1 aromatic rings. The molecular formula is C12H21N3S. The van der Waals surface area contributed by atoms with E-state index in [1.807, 2.05) is 6.92 Å². The normalized spacial score (nSPS) is 15.0. The summed E-state index contributed by atoms with van der Waals surface area (Å²) in [5, 5.41) is 9.50. The molecule has 2 unspecified atom stereocenters. The second kappa shape index (κ2) is 6.01. The number of rotatable bonds is 6. The van der Waals surface area contributed by atoms with Crippen molar-refractivity contribution in [2.24, 2.45) is 11.7 Å². The van der Waals surface area contributed by atoms with E-state index >= 15 is 0 Å². The molecule has 1 aromatic heterocycles. The molecule has 3 N–H and O–H groups in total. The van der Waals surface area contributed by atoms with Crippen molar-refractivity contribution in [2.75, 3.05) is 13.6 Å². The minimum absolute atomic E-state index is 0.135. The highest BCUT2D eigenvalue weighted by molar-refractivity contribution is 7.09. The molecule has 0 aromatic carbocycles. The lowest BCUT2D eigenvalue weighted by molar-refractivity contribution is 0.243. The number of nitrogens with one attached hydrogen (secondary N) is 1. The largest absolute Gasteiger partial charge is 0.387 e. The summed E-state index contributed by atoms with van der Waals surface area (Å²) < 4.78 is 0. The number of hydrogen-bond acceptors (Lipinski definition) is 3. The minimum Gasteiger partial charge on any atom is -0.387 e. The van der Waals surface area contributed by atoms with Gasteiger partial charge in [0.15, 0.2) is 0 Å². The maximum absolute atomic E-state index is 7.38. The van der Waals surface area contributed by atoms with Gasteiger partial charge in [-0.2, -0.15) is 0 Å². The number of nitrogens with zero attached hydrogens (tertiary/aromatic N) is 1. The van der Waals surface area contributed by atoms with Crippen LogP contribution in [0.4, 0.5) is 0 Å². The Balaban J connectivity index is 2.41. The van der Waals surface area contributed by atoms with E-state index in [9.17, 15) is 0 Å². The monoisotopic (exact) mass is 239 g/mol. The summed E-state index contributed by atoms with van der Waals surface area (Å²) in [6.45, 7) is 5.06. The Labute approximate surface area is 102 Å². The number of hydrogen-bond donors (Lipinski definition) is 2. The number of thiophene rings is 1. The first-order valence-electron chi connectivity index (χ1n) is 5.57. The van der Waals surface area contributed by atoms with Gasteiger partial charge in [-0.3, -0.25) is 5.41 Å². The van der Waals surface area contributed by atoms with Crippen LogP contribution in [0, 0.1) is 11.3 Å². The summed E-state index contributed by atoms with van der Waals surface area (Å²) in [5.41, 5.74) is 5.48. The SMILES string of the molecule is CC(CN(C)C(C)Cc1cccs1)C(=N)N. The van der Waals surface area contributed by atoms with Crippen molar-refractivity contribution in [3.05, 3.63) is 22.4 Å². The van der Waals surface area contributed by atoms with Gasteiger partial charge in [0.1, 0.15) is 0 Å². The van der Waals surface area contributed by atoms with Gasteiger partial charge in [0.2, 0.25) is 0 Å². The molecule has 0 fully saturated rings. The average molecular weight is 239 g/mol. The zero-order valence-corrected chi connectivity index (χ0v) is 11.1. The Morgan fingerprint density at radius 1 is 1.56 bits per heavy atom. The first-order chi connectivity index (χ1) is 7.50. The number of likely N-dealkylation sites (N-methyl/N-ethyl adjacent to an activating group) is 1. The molecule has 3 nitrogen and oxygen atoms in total. The first-order valence-corrected chi connectivity index (χ1v) is 6.45. The van der Waals surface area contributed by atoms with E-state index in [0.717, 1.165) is 13.0 Å². The van der Waals surface area contributed by atoms with Gasteiger partial charge >= 0.3 is 0 Å². The Morgan fingerprint density at radius 3 is 2.75 bits per heavy atom. The van der Waals surface area contributed by atoms with Crippen molar-refractivity contribution >= 4 is 17.2 Å². The van der Waals surface area contributed by atoms with Crippen LogP contribution in [-0.2, 0) is 6.42 Å². The molecule has 0 saturated carbocycles. The summed E-state index contributed by atoms with van der Waals surface area (Å²) in [6.07, 6.45) is 1.07. The zero-order valence-electron chi connectivity index (χ0n) is 10.2. The van der Waals surface area contributed by atoms with Crippen LogP contribution in [0.1, 0.15) is 18.7 Å². The third kappa shape index (κ3) is 3.94. The fourth-order valence-corrected chi connectivity index (χ4v) is 2.41. The Kier molecular flexibility index (Phi) is 4.96. The van der Waals surface area contributed by atoms with Gasteiger partial charge in [0, 0.05) is 23.4 Å². The van der Waals surface area contributed by atoms with Crippen LogP contribution in [0.25, 0.3) is 0 Å². The smallest absolute Gasteiger partial charge is 0.0947 e. The molecule has 1 heterocycles. The van der Waals surface area contributed by atoms with Crippen molar-refractivity contribution in [1.29, 1.82) is 5.41 Å². The summed E-state index contributed by atoms with van der Waals surface area (Å²) in [5.74, 6) is 0.408. The van der Waals surface area contributed by atoms with Crippen LogP contribution in [0.2, 0.25) is 0 Å². The molecule has 16 heavy (non-hydrogen) atoms. The molecule has 4 heteroatoms. The van der Waals surface area contributed by atoms with Crippen molar-refractivity contribution in [3.8, 4) is 0 Å². The van der Waals surface area contributed by atoms with Gasteiger partial charge in [-0.05, 0) is 31.8 Å². The molecule has 0 amide bonds. The van der Waals surface area contributed by atoms with Crippen LogP contribution in [-0.4, -0.2) is 30.4 Å².